The normalized spacial score (nSPS) is 21.2. The highest BCUT2D eigenvalue weighted by Gasteiger charge is 2.33. The number of carbonyl (C=O) groups is 1. The lowest BCUT2D eigenvalue weighted by Crippen LogP contribution is -2.42. The molecule has 20 heavy (non-hydrogen) atoms. The fourth-order valence-corrected chi connectivity index (χ4v) is 3.71. The summed E-state index contributed by atoms with van der Waals surface area (Å²) in [5, 5.41) is 13.1. The highest BCUT2D eigenvalue weighted by molar-refractivity contribution is 7.89. The van der Waals surface area contributed by atoms with Crippen LogP contribution >= 0.6 is 0 Å². The maximum atomic E-state index is 12.5. The van der Waals surface area contributed by atoms with Gasteiger partial charge in [0, 0.05) is 25.3 Å². The highest BCUT2D eigenvalue weighted by Crippen LogP contribution is 2.24. The Morgan fingerprint density at radius 2 is 2.20 bits per heavy atom. The zero-order valence-corrected chi connectivity index (χ0v) is 12.4. The third-order valence-corrected chi connectivity index (χ3v) is 5.30. The Hall–Kier alpha value is -1.41. The zero-order valence-electron chi connectivity index (χ0n) is 11.6. The van der Waals surface area contributed by atoms with E-state index in [1.165, 1.54) is 16.7 Å². The summed E-state index contributed by atoms with van der Waals surface area (Å²) >= 11 is 0. The highest BCUT2D eigenvalue weighted by atomic mass is 32.2. The Bertz CT molecular complexity index is 594. The summed E-state index contributed by atoms with van der Waals surface area (Å²) in [7, 11) is -3.65. The molecule has 1 aromatic rings. The van der Waals surface area contributed by atoms with Gasteiger partial charge in [0.05, 0.1) is 12.1 Å². The monoisotopic (exact) mass is 301 g/mol. The first-order chi connectivity index (χ1) is 9.32. The van der Waals surface area contributed by atoms with E-state index in [9.17, 15) is 13.2 Å². The number of carboxylic acids is 1. The van der Waals surface area contributed by atoms with Gasteiger partial charge in [-0.25, -0.2) is 8.42 Å². The van der Waals surface area contributed by atoms with Crippen LogP contribution in [0.5, 0.6) is 0 Å². The third kappa shape index (κ3) is 2.85. The number of hydrogen-bond acceptors (Lipinski definition) is 4. The van der Waals surface area contributed by atoms with Gasteiger partial charge in [0.2, 0.25) is 10.0 Å². The molecule has 0 saturated carbocycles. The van der Waals surface area contributed by atoms with Crippen LogP contribution < -0.4 is 0 Å². The van der Waals surface area contributed by atoms with Crippen molar-refractivity contribution in [3.8, 4) is 0 Å². The summed E-state index contributed by atoms with van der Waals surface area (Å²) in [6.45, 7) is 4.21. The molecular weight excluding hydrogens is 282 g/mol. The van der Waals surface area contributed by atoms with E-state index in [2.05, 4.69) is 5.10 Å². The van der Waals surface area contributed by atoms with Crippen molar-refractivity contribution in [3.63, 3.8) is 0 Å². The number of aliphatic carboxylic acids is 1. The van der Waals surface area contributed by atoms with Gasteiger partial charge >= 0.3 is 5.97 Å². The molecule has 1 atom stereocenters. The first-order valence-electron chi connectivity index (χ1n) is 6.59. The van der Waals surface area contributed by atoms with E-state index in [4.69, 9.17) is 5.11 Å². The maximum absolute atomic E-state index is 12.5. The first-order valence-corrected chi connectivity index (χ1v) is 8.03. The smallest absolute Gasteiger partial charge is 0.307 e. The van der Waals surface area contributed by atoms with Gasteiger partial charge in [0.1, 0.15) is 4.90 Å². The van der Waals surface area contributed by atoms with Gasteiger partial charge in [0.25, 0.3) is 0 Å². The SMILES string of the molecule is CC(C)n1cc(S(=O)(=O)N2CCCC(C(=O)O)C2)cn1. The second kappa shape index (κ2) is 5.53. The van der Waals surface area contributed by atoms with E-state index < -0.39 is 21.9 Å². The van der Waals surface area contributed by atoms with Gasteiger partial charge in [-0.2, -0.15) is 9.40 Å². The van der Waals surface area contributed by atoms with Gasteiger partial charge in [0.15, 0.2) is 0 Å². The van der Waals surface area contributed by atoms with Crippen molar-refractivity contribution in [1.29, 1.82) is 0 Å². The molecule has 0 amide bonds. The summed E-state index contributed by atoms with van der Waals surface area (Å²) < 4.78 is 27.8. The van der Waals surface area contributed by atoms with Crippen molar-refractivity contribution in [2.45, 2.75) is 37.6 Å². The lowest BCUT2D eigenvalue weighted by molar-refractivity contribution is -0.142. The molecule has 1 aromatic heterocycles. The number of hydrogen-bond donors (Lipinski definition) is 1. The first kappa shape index (κ1) is 15.0. The zero-order chi connectivity index (χ0) is 14.9. The van der Waals surface area contributed by atoms with Crippen molar-refractivity contribution < 1.29 is 18.3 Å². The number of sulfonamides is 1. The van der Waals surface area contributed by atoms with Gasteiger partial charge in [-0.1, -0.05) is 0 Å². The number of nitrogens with zero attached hydrogens (tertiary/aromatic N) is 3. The average molecular weight is 301 g/mol. The van der Waals surface area contributed by atoms with Crippen LogP contribution in [0.25, 0.3) is 0 Å². The van der Waals surface area contributed by atoms with Crippen molar-refractivity contribution in [3.05, 3.63) is 12.4 Å². The molecule has 0 aliphatic carbocycles. The minimum Gasteiger partial charge on any atom is -0.481 e. The molecule has 8 heteroatoms. The van der Waals surface area contributed by atoms with Gasteiger partial charge in [-0.15, -0.1) is 0 Å². The Morgan fingerprint density at radius 1 is 1.50 bits per heavy atom. The van der Waals surface area contributed by atoms with E-state index in [0.717, 1.165) is 0 Å². The Kier molecular flexibility index (Phi) is 4.14. The van der Waals surface area contributed by atoms with Crippen LogP contribution in [0.1, 0.15) is 32.7 Å². The van der Waals surface area contributed by atoms with Crippen LogP contribution in [-0.2, 0) is 14.8 Å². The number of aromatic nitrogens is 2. The van der Waals surface area contributed by atoms with Gasteiger partial charge in [-0.3, -0.25) is 9.48 Å². The second-order valence-electron chi connectivity index (χ2n) is 5.29. The van der Waals surface area contributed by atoms with Crippen molar-refractivity contribution in [2.75, 3.05) is 13.1 Å². The van der Waals surface area contributed by atoms with E-state index in [1.54, 1.807) is 4.68 Å². The molecule has 1 fully saturated rings. The topological polar surface area (TPSA) is 92.5 Å². The molecule has 1 N–H and O–H groups in total. The predicted molar refractivity (Wildman–Crippen MR) is 71.7 cm³/mol. The van der Waals surface area contributed by atoms with E-state index in [-0.39, 0.29) is 17.5 Å². The lowest BCUT2D eigenvalue weighted by atomic mass is 10.0. The van der Waals surface area contributed by atoms with Crippen LogP contribution in [0.3, 0.4) is 0 Å². The summed E-state index contributed by atoms with van der Waals surface area (Å²) in [5.74, 6) is -1.57. The Labute approximate surface area is 118 Å². The molecule has 2 heterocycles. The van der Waals surface area contributed by atoms with Crippen LogP contribution in [0, 0.1) is 5.92 Å². The van der Waals surface area contributed by atoms with Crippen molar-refractivity contribution in [2.24, 2.45) is 5.92 Å². The van der Waals surface area contributed by atoms with Crippen LogP contribution in [0.2, 0.25) is 0 Å². The second-order valence-corrected chi connectivity index (χ2v) is 7.23. The summed E-state index contributed by atoms with van der Waals surface area (Å²) in [6.07, 6.45) is 3.89. The average Bonchev–Trinajstić information content (AvgIpc) is 2.89. The molecule has 0 bridgehead atoms. The fourth-order valence-electron chi connectivity index (χ4n) is 2.25. The molecule has 112 valence electrons. The van der Waals surface area contributed by atoms with Gasteiger partial charge < -0.3 is 5.11 Å². The number of carboxylic acid groups (broad SMARTS) is 1. The minimum atomic E-state index is -3.65. The molecule has 0 spiro atoms. The fraction of sp³-hybridized carbons (Fsp3) is 0.667. The lowest BCUT2D eigenvalue weighted by Gasteiger charge is -2.29. The minimum absolute atomic E-state index is 0.0323. The largest absolute Gasteiger partial charge is 0.481 e. The summed E-state index contributed by atoms with van der Waals surface area (Å²) in [6, 6.07) is 0.0760. The molecule has 7 nitrogen and oxygen atoms in total. The third-order valence-electron chi connectivity index (χ3n) is 3.48. The van der Waals surface area contributed by atoms with E-state index in [0.29, 0.717) is 19.4 Å². The standard InChI is InChI=1S/C12H19N3O4S/c1-9(2)15-8-11(6-13-15)20(18,19)14-5-3-4-10(7-14)12(16)17/h6,8-10H,3-5,7H2,1-2H3,(H,16,17). The molecule has 0 aromatic carbocycles. The molecule has 1 aliphatic rings. The predicted octanol–water partition coefficient (Wildman–Crippen LogP) is 0.949. The number of piperidine rings is 1. The Morgan fingerprint density at radius 3 is 2.75 bits per heavy atom. The van der Waals surface area contributed by atoms with Gasteiger partial charge in [-0.05, 0) is 26.7 Å². The summed E-state index contributed by atoms with van der Waals surface area (Å²) in [4.78, 5) is 11.1. The molecule has 1 aliphatic heterocycles. The molecule has 0 radical (unpaired) electrons. The van der Waals surface area contributed by atoms with Crippen LogP contribution in [0.15, 0.2) is 17.3 Å². The van der Waals surface area contributed by atoms with Crippen LogP contribution in [0.4, 0.5) is 0 Å². The van der Waals surface area contributed by atoms with Crippen molar-refractivity contribution >= 4 is 16.0 Å². The summed E-state index contributed by atoms with van der Waals surface area (Å²) in [5.41, 5.74) is 0. The molecular formula is C12H19N3O4S. The van der Waals surface area contributed by atoms with Crippen molar-refractivity contribution in [1.82, 2.24) is 14.1 Å². The van der Waals surface area contributed by atoms with Crippen LogP contribution in [-0.4, -0.2) is 46.7 Å². The molecule has 1 unspecified atom stereocenters. The molecule has 2 rings (SSSR count). The van der Waals surface area contributed by atoms with E-state index >= 15 is 0 Å². The quantitative estimate of drug-likeness (QED) is 0.893. The number of rotatable bonds is 4. The van der Waals surface area contributed by atoms with E-state index in [1.807, 2.05) is 13.8 Å². The molecule has 1 saturated heterocycles. The maximum Gasteiger partial charge on any atom is 0.307 e. The Balaban J connectivity index is 2.22.